The first-order chi connectivity index (χ1) is 9.38. The van der Waals surface area contributed by atoms with Crippen molar-refractivity contribution in [1.29, 1.82) is 0 Å². The number of carbonyl (C=O) groups is 2. The van der Waals surface area contributed by atoms with Crippen LogP contribution in [0.2, 0.25) is 0 Å². The lowest BCUT2D eigenvalue weighted by Gasteiger charge is -2.22. The second kappa shape index (κ2) is 4.88. The smallest absolute Gasteiger partial charge is 0.289 e. The summed E-state index contributed by atoms with van der Waals surface area (Å²) in [6.07, 6.45) is 0. The molecule has 6 heteroatoms. The first-order valence-corrected chi connectivity index (χ1v) is 5.96. The molecule has 1 atom stereocenters. The third-order valence-corrected chi connectivity index (χ3v) is 3.34. The number of phenolic OH excluding ortho intramolecular Hbond substituents is 1. The van der Waals surface area contributed by atoms with Gasteiger partial charge in [-0.05, 0) is 24.6 Å². The van der Waals surface area contributed by atoms with Crippen LogP contribution in [-0.2, 0) is 9.59 Å². The maximum absolute atomic E-state index is 11.8. The Kier molecular flexibility index (Phi) is 3.40. The average molecular weight is 277 g/mol. The van der Waals surface area contributed by atoms with Gasteiger partial charge in [-0.15, -0.1) is 0 Å². The normalized spacial score (nSPS) is 18.6. The van der Waals surface area contributed by atoms with Crippen molar-refractivity contribution in [2.45, 2.75) is 13.0 Å². The zero-order valence-electron chi connectivity index (χ0n) is 11.4. The van der Waals surface area contributed by atoms with Gasteiger partial charge in [-0.25, -0.2) is 0 Å². The Morgan fingerprint density at radius 3 is 2.55 bits per heavy atom. The van der Waals surface area contributed by atoms with Crippen LogP contribution in [-0.4, -0.2) is 41.0 Å². The largest absolute Gasteiger partial charge is 0.504 e. The van der Waals surface area contributed by atoms with Crippen molar-refractivity contribution in [1.82, 2.24) is 4.90 Å². The van der Waals surface area contributed by atoms with Gasteiger partial charge in [0.1, 0.15) is 0 Å². The maximum atomic E-state index is 11.8. The molecule has 0 spiro atoms. The highest BCUT2D eigenvalue weighted by atomic mass is 16.5. The lowest BCUT2D eigenvalue weighted by atomic mass is 9.96. The van der Waals surface area contributed by atoms with Crippen LogP contribution in [0.25, 0.3) is 0 Å². The number of Topliss-reactive ketones (excluding diaryl/α,β-unsaturated/α-hetero) is 1. The molecule has 0 saturated carbocycles. The molecular weight excluding hydrogens is 262 g/mol. The number of amides is 1. The van der Waals surface area contributed by atoms with Crippen LogP contribution in [0.3, 0.4) is 0 Å². The van der Waals surface area contributed by atoms with E-state index in [2.05, 4.69) is 0 Å². The molecule has 0 bridgehead atoms. The fourth-order valence-electron chi connectivity index (χ4n) is 2.34. The fraction of sp³-hybridized carbons (Fsp3) is 0.286. The number of aromatic hydroxyl groups is 1. The Bertz CT molecular complexity index is 620. The Balaban J connectivity index is 2.56. The van der Waals surface area contributed by atoms with Gasteiger partial charge in [-0.1, -0.05) is 6.07 Å². The number of ketones is 1. The summed E-state index contributed by atoms with van der Waals surface area (Å²) in [6.45, 7) is 1.29. The highest BCUT2D eigenvalue weighted by Gasteiger charge is 2.40. The summed E-state index contributed by atoms with van der Waals surface area (Å²) in [5.74, 6) is -1.32. The van der Waals surface area contributed by atoms with E-state index in [9.17, 15) is 19.8 Å². The number of phenols is 1. The molecule has 106 valence electrons. The second-order valence-electron chi connectivity index (χ2n) is 4.57. The minimum Gasteiger partial charge on any atom is -0.504 e. The van der Waals surface area contributed by atoms with Gasteiger partial charge in [0.25, 0.3) is 5.91 Å². The number of likely N-dealkylation sites (N-methyl/N-ethyl adjacent to an activating group) is 1. The Labute approximate surface area is 115 Å². The average Bonchev–Trinajstić information content (AvgIpc) is 2.64. The summed E-state index contributed by atoms with van der Waals surface area (Å²) < 4.78 is 5.01. The van der Waals surface area contributed by atoms with Gasteiger partial charge in [0.05, 0.1) is 18.7 Å². The lowest BCUT2D eigenvalue weighted by molar-refractivity contribution is -0.128. The summed E-state index contributed by atoms with van der Waals surface area (Å²) >= 11 is 0. The van der Waals surface area contributed by atoms with Gasteiger partial charge in [0.15, 0.2) is 23.0 Å². The number of aliphatic hydroxyl groups is 1. The molecule has 1 aliphatic rings. The molecule has 1 unspecified atom stereocenters. The summed E-state index contributed by atoms with van der Waals surface area (Å²) in [7, 11) is 2.90. The number of ether oxygens (including phenoxy) is 1. The molecule has 2 N–H and O–H groups in total. The zero-order chi connectivity index (χ0) is 15.0. The van der Waals surface area contributed by atoms with E-state index in [0.717, 1.165) is 0 Å². The predicted molar refractivity (Wildman–Crippen MR) is 70.5 cm³/mol. The van der Waals surface area contributed by atoms with Crippen LogP contribution < -0.4 is 4.74 Å². The number of benzene rings is 1. The van der Waals surface area contributed by atoms with Gasteiger partial charge >= 0.3 is 0 Å². The molecule has 1 aromatic rings. The number of hydrogen-bond acceptors (Lipinski definition) is 5. The van der Waals surface area contributed by atoms with Crippen LogP contribution >= 0.6 is 0 Å². The molecule has 1 aromatic carbocycles. The van der Waals surface area contributed by atoms with Crippen molar-refractivity contribution in [3.63, 3.8) is 0 Å². The van der Waals surface area contributed by atoms with E-state index in [1.165, 1.54) is 38.1 Å². The number of aliphatic hydroxyl groups excluding tert-OH is 1. The predicted octanol–water partition coefficient (Wildman–Crippen LogP) is 1.31. The minimum atomic E-state index is -0.686. The molecule has 0 aromatic heterocycles. The molecule has 0 fully saturated rings. The number of rotatable bonds is 3. The van der Waals surface area contributed by atoms with Gasteiger partial charge in [-0.3, -0.25) is 9.59 Å². The van der Waals surface area contributed by atoms with Crippen LogP contribution in [0.4, 0.5) is 0 Å². The van der Waals surface area contributed by atoms with Crippen molar-refractivity contribution in [3.05, 3.63) is 35.1 Å². The van der Waals surface area contributed by atoms with Gasteiger partial charge in [0.2, 0.25) is 0 Å². The second-order valence-corrected chi connectivity index (χ2v) is 4.57. The van der Waals surface area contributed by atoms with E-state index < -0.39 is 17.7 Å². The van der Waals surface area contributed by atoms with Crippen LogP contribution in [0.15, 0.2) is 29.5 Å². The third-order valence-electron chi connectivity index (χ3n) is 3.34. The maximum Gasteiger partial charge on any atom is 0.289 e. The molecule has 0 saturated heterocycles. The van der Waals surface area contributed by atoms with Crippen molar-refractivity contribution < 1.29 is 24.5 Å². The van der Waals surface area contributed by atoms with Gasteiger partial charge in [0, 0.05) is 7.05 Å². The minimum absolute atomic E-state index is 0.0409. The van der Waals surface area contributed by atoms with Crippen molar-refractivity contribution in [3.8, 4) is 11.5 Å². The van der Waals surface area contributed by atoms with Crippen molar-refractivity contribution in [2.75, 3.05) is 14.2 Å². The number of nitrogens with zero attached hydrogens (tertiary/aromatic N) is 1. The molecule has 1 aliphatic heterocycles. The monoisotopic (exact) mass is 277 g/mol. The summed E-state index contributed by atoms with van der Waals surface area (Å²) in [5, 5.41) is 19.4. The lowest BCUT2D eigenvalue weighted by Crippen LogP contribution is -2.26. The molecule has 2 rings (SSSR count). The topological polar surface area (TPSA) is 87.1 Å². The van der Waals surface area contributed by atoms with E-state index in [4.69, 9.17) is 4.74 Å². The number of hydrogen-bond donors (Lipinski definition) is 2. The van der Waals surface area contributed by atoms with Crippen molar-refractivity contribution in [2.24, 2.45) is 0 Å². The standard InChI is InChI=1S/C14H15NO5/c1-7(16)11-12(15(2)14(19)13(11)18)8-4-5-9(17)10(6-8)20-3/h4-6,12,17-18H,1-3H3. The molecule has 0 aliphatic carbocycles. The number of carbonyl (C=O) groups excluding carboxylic acids is 2. The number of methoxy groups -OCH3 is 1. The highest BCUT2D eigenvalue weighted by Crippen LogP contribution is 2.39. The van der Waals surface area contributed by atoms with E-state index in [0.29, 0.717) is 5.56 Å². The molecule has 20 heavy (non-hydrogen) atoms. The van der Waals surface area contributed by atoms with Crippen LogP contribution in [0.5, 0.6) is 11.5 Å². The van der Waals surface area contributed by atoms with Gasteiger partial charge < -0.3 is 19.8 Å². The molecule has 6 nitrogen and oxygen atoms in total. The van der Waals surface area contributed by atoms with E-state index in [1.54, 1.807) is 6.07 Å². The van der Waals surface area contributed by atoms with Gasteiger partial charge in [-0.2, -0.15) is 0 Å². The first-order valence-electron chi connectivity index (χ1n) is 5.96. The van der Waals surface area contributed by atoms with E-state index in [-0.39, 0.29) is 22.9 Å². The SMILES string of the molecule is COc1cc(C2C(C(C)=O)=C(O)C(=O)N2C)ccc1O. The molecule has 0 radical (unpaired) electrons. The van der Waals surface area contributed by atoms with Crippen molar-refractivity contribution >= 4 is 11.7 Å². The molecule has 1 amide bonds. The van der Waals surface area contributed by atoms with Crippen LogP contribution in [0.1, 0.15) is 18.5 Å². The Morgan fingerprint density at radius 2 is 2.00 bits per heavy atom. The molecular formula is C14H15NO5. The Hall–Kier alpha value is -2.50. The summed E-state index contributed by atoms with van der Waals surface area (Å²) in [5.41, 5.74) is 0.620. The summed E-state index contributed by atoms with van der Waals surface area (Å²) in [6, 6.07) is 3.84. The zero-order valence-corrected chi connectivity index (χ0v) is 11.4. The van der Waals surface area contributed by atoms with E-state index >= 15 is 0 Å². The molecule has 1 heterocycles. The van der Waals surface area contributed by atoms with E-state index in [1.807, 2.05) is 0 Å². The fourth-order valence-corrected chi connectivity index (χ4v) is 2.34. The highest BCUT2D eigenvalue weighted by molar-refractivity contribution is 6.07. The van der Waals surface area contributed by atoms with Crippen LogP contribution in [0, 0.1) is 0 Å². The first kappa shape index (κ1) is 13.9. The third kappa shape index (κ3) is 1.99. The quantitative estimate of drug-likeness (QED) is 0.870. The Morgan fingerprint density at radius 1 is 1.35 bits per heavy atom. The summed E-state index contributed by atoms with van der Waals surface area (Å²) in [4.78, 5) is 24.8.